The van der Waals surface area contributed by atoms with Gasteiger partial charge in [-0.15, -0.1) is 0 Å². The number of ether oxygens (including phenoxy) is 8. The third-order valence-corrected chi connectivity index (χ3v) is 8.98. The number of aryl methyl sites for hydroxylation is 1. The summed E-state index contributed by atoms with van der Waals surface area (Å²) in [7, 11) is 3.41. The number of rotatable bonds is 20. The van der Waals surface area contributed by atoms with Gasteiger partial charge in [0.2, 0.25) is 0 Å². The zero-order chi connectivity index (χ0) is 46.7. The minimum atomic E-state index is -0.792. The molecule has 13 heteroatoms. The van der Waals surface area contributed by atoms with Crippen molar-refractivity contribution in [3.63, 3.8) is 0 Å². The van der Waals surface area contributed by atoms with Gasteiger partial charge in [-0.1, -0.05) is 70.0 Å². The smallest absolute Gasteiger partial charge is 0.330 e. The third kappa shape index (κ3) is 17.6. The molecule has 13 nitrogen and oxygen atoms in total. The van der Waals surface area contributed by atoms with Crippen molar-refractivity contribution in [2.45, 2.75) is 45.3 Å². The molecule has 0 saturated carbocycles. The van der Waals surface area contributed by atoms with Gasteiger partial charge in [-0.3, -0.25) is 4.79 Å². The van der Waals surface area contributed by atoms with E-state index in [0.717, 1.165) is 41.0 Å². The lowest BCUT2D eigenvalue weighted by Crippen LogP contribution is -2.30. The molecule has 63 heavy (non-hydrogen) atoms. The lowest BCUT2D eigenvalue weighted by molar-refractivity contribution is -0.154. The van der Waals surface area contributed by atoms with Crippen molar-refractivity contribution in [2.75, 3.05) is 40.6 Å². The fourth-order valence-electron chi connectivity index (χ4n) is 5.60. The van der Waals surface area contributed by atoms with E-state index in [1.54, 1.807) is 38.5 Å². The predicted molar refractivity (Wildman–Crippen MR) is 240 cm³/mol. The van der Waals surface area contributed by atoms with Crippen LogP contribution in [0.4, 0.5) is 0 Å². The van der Waals surface area contributed by atoms with Crippen LogP contribution in [0.5, 0.6) is 23.0 Å². The van der Waals surface area contributed by atoms with Crippen LogP contribution in [0.25, 0.3) is 11.1 Å². The summed E-state index contributed by atoms with van der Waals surface area (Å²) in [6.45, 7) is 22.0. The molecule has 0 aliphatic heterocycles. The maximum absolute atomic E-state index is 11.2. The van der Waals surface area contributed by atoms with Crippen LogP contribution in [-0.4, -0.2) is 83.8 Å². The summed E-state index contributed by atoms with van der Waals surface area (Å²) >= 11 is 0. The van der Waals surface area contributed by atoms with E-state index >= 15 is 0 Å². The quantitative estimate of drug-likeness (QED) is 0.0273. The lowest BCUT2D eigenvalue weighted by Gasteiger charge is -2.20. The van der Waals surface area contributed by atoms with Gasteiger partial charge in [-0.2, -0.15) is 0 Å². The van der Waals surface area contributed by atoms with E-state index in [9.17, 15) is 19.2 Å². The van der Waals surface area contributed by atoms with Crippen molar-refractivity contribution in [1.29, 1.82) is 0 Å². The highest BCUT2D eigenvalue weighted by Gasteiger charge is 2.26. The first kappa shape index (κ1) is 51.7. The molecule has 0 bridgehead atoms. The van der Waals surface area contributed by atoms with Gasteiger partial charge < -0.3 is 42.7 Å². The van der Waals surface area contributed by atoms with Crippen molar-refractivity contribution in [3.05, 3.63) is 157 Å². The molecular weight excluding hydrogens is 809 g/mol. The number of hydrogen-bond acceptors (Lipinski definition) is 13. The van der Waals surface area contributed by atoms with Gasteiger partial charge in [-0.25, -0.2) is 14.4 Å². The highest BCUT2D eigenvalue weighted by Crippen LogP contribution is 2.46. The SMILES string of the molecule is C=CC(=O)OCC(COc1ccc(C)cc1)OC(=C)CC.C=CC(=O)OCC(COc1ccc(C=O)cc1)OC(=O)C=C.C=O.COc1ccc2c(c1)C(C)c1cc(OC)ccc1-2. The van der Waals surface area contributed by atoms with Gasteiger partial charge in [0.1, 0.15) is 62.5 Å². The van der Waals surface area contributed by atoms with E-state index in [1.807, 2.05) is 57.0 Å². The average molecular weight is 865 g/mol. The average Bonchev–Trinajstić information content (AvgIpc) is 3.61. The normalized spacial score (nSPS) is 11.4. The first-order valence-electron chi connectivity index (χ1n) is 19.7. The van der Waals surface area contributed by atoms with Crippen molar-refractivity contribution in [2.24, 2.45) is 0 Å². The number of carbonyl (C=O) groups excluding carboxylic acids is 5. The molecule has 4 aromatic carbocycles. The Kier molecular flexibility index (Phi) is 23.1. The molecule has 0 radical (unpaired) electrons. The van der Waals surface area contributed by atoms with E-state index in [1.165, 1.54) is 22.3 Å². The molecule has 4 aromatic rings. The van der Waals surface area contributed by atoms with Crippen molar-refractivity contribution in [1.82, 2.24) is 0 Å². The molecule has 0 heterocycles. The van der Waals surface area contributed by atoms with E-state index in [0.29, 0.717) is 35.7 Å². The molecule has 2 unspecified atom stereocenters. The highest BCUT2D eigenvalue weighted by molar-refractivity contribution is 5.82. The Morgan fingerprint density at radius 2 is 1.03 bits per heavy atom. The summed E-state index contributed by atoms with van der Waals surface area (Å²) in [6.07, 6.45) is 3.34. The van der Waals surface area contributed by atoms with Crippen LogP contribution in [0.2, 0.25) is 0 Å². The largest absolute Gasteiger partial charge is 0.497 e. The number of esters is 3. The van der Waals surface area contributed by atoms with Gasteiger partial charge in [-0.05, 0) is 89.8 Å². The van der Waals surface area contributed by atoms with Gasteiger partial charge in [0.15, 0.2) is 12.2 Å². The topological polar surface area (TPSA) is 159 Å². The first-order chi connectivity index (χ1) is 30.4. The number of fused-ring (bicyclic) bond motifs is 3. The van der Waals surface area contributed by atoms with Crippen molar-refractivity contribution < 1.29 is 61.9 Å². The summed E-state index contributed by atoms with van der Waals surface area (Å²) in [5.74, 6) is 2.31. The van der Waals surface area contributed by atoms with Crippen LogP contribution in [-0.2, 0) is 38.1 Å². The first-order valence-corrected chi connectivity index (χ1v) is 19.7. The Morgan fingerprint density at radius 1 is 0.619 bits per heavy atom. The van der Waals surface area contributed by atoms with Crippen LogP contribution in [0, 0.1) is 6.92 Å². The highest BCUT2D eigenvalue weighted by atomic mass is 16.6. The minimum absolute atomic E-state index is 0.0234. The minimum Gasteiger partial charge on any atom is -0.497 e. The molecule has 0 spiro atoms. The van der Waals surface area contributed by atoms with Crippen molar-refractivity contribution in [3.8, 4) is 34.1 Å². The summed E-state index contributed by atoms with van der Waals surface area (Å²) in [5.41, 5.74) is 6.95. The molecule has 2 atom stereocenters. The summed E-state index contributed by atoms with van der Waals surface area (Å²) in [4.78, 5) is 52.0. The Labute approximate surface area is 369 Å². The van der Waals surface area contributed by atoms with Crippen LogP contribution in [0.1, 0.15) is 53.2 Å². The van der Waals surface area contributed by atoms with Crippen LogP contribution in [0.3, 0.4) is 0 Å². The van der Waals surface area contributed by atoms with Crippen LogP contribution in [0.15, 0.2) is 135 Å². The van der Waals surface area contributed by atoms with Gasteiger partial charge in [0, 0.05) is 36.1 Å². The molecule has 1 aliphatic carbocycles. The van der Waals surface area contributed by atoms with Crippen LogP contribution < -0.4 is 18.9 Å². The lowest BCUT2D eigenvalue weighted by atomic mass is 9.99. The molecular formula is C50H56O13. The summed E-state index contributed by atoms with van der Waals surface area (Å²) in [6, 6.07) is 26.7. The van der Waals surface area contributed by atoms with Gasteiger partial charge >= 0.3 is 17.9 Å². The van der Waals surface area contributed by atoms with Crippen LogP contribution >= 0.6 is 0 Å². The zero-order valence-electron chi connectivity index (χ0n) is 36.5. The summed E-state index contributed by atoms with van der Waals surface area (Å²) in [5, 5.41) is 0. The second-order valence-electron chi connectivity index (χ2n) is 13.3. The fraction of sp³-hybridized carbons (Fsp3) is 0.260. The van der Waals surface area contributed by atoms with E-state index in [-0.39, 0.29) is 26.4 Å². The molecule has 0 amide bonds. The Balaban J connectivity index is 0.000000319. The fourth-order valence-corrected chi connectivity index (χ4v) is 5.60. The Morgan fingerprint density at radius 3 is 1.43 bits per heavy atom. The molecule has 1 aliphatic rings. The number of methoxy groups -OCH3 is 2. The van der Waals surface area contributed by atoms with E-state index in [2.05, 4.69) is 57.5 Å². The third-order valence-electron chi connectivity index (χ3n) is 8.98. The number of carbonyl (C=O) groups is 5. The molecule has 5 rings (SSSR count). The Bertz CT molecular complexity index is 2070. The van der Waals surface area contributed by atoms with Gasteiger partial charge in [0.25, 0.3) is 0 Å². The van der Waals surface area contributed by atoms with E-state index in [4.69, 9.17) is 42.7 Å². The zero-order valence-corrected chi connectivity index (χ0v) is 36.5. The van der Waals surface area contributed by atoms with E-state index < -0.39 is 30.1 Å². The maximum Gasteiger partial charge on any atom is 0.330 e. The summed E-state index contributed by atoms with van der Waals surface area (Å²) < 4.78 is 42.2. The number of hydrogen-bond donors (Lipinski definition) is 0. The van der Waals surface area contributed by atoms with Gasteiger partial charge in [0.05, 0.1) is 20.0 Å². The molecule has 0 aromatic heterocycles. The maximum atomic E-state index is 11.2. The number of benzene rings is 4. The number of aldehydes is 1. The molecule has 0 saturated heterocycles. The van der Waals surface area contributed by atoms with Crippen molar-refractivity contribution >= 4 is 31.0 Å². The molecule has 0 N–H and O–H groups in total. The molecule has 334 valence electrons. The number of allylic oxidation sites excluding steroid dienone is 1. The second kappa shape index (κ2) is 28.2. The standard InChI is InChI=1S/C17H22O4.C16H16O6.C16H16O2.CH2O/c1-5-14(4)21-16(12-20-17(18)6-2)11-19-15-9-7-13(3)8-10-15;1-3-15(18)21-11-14(22-16(19)4-2)10-20-13-7-5-12(9-17)6-8-13;1-10-15-8-11(17-2)4-6-13(15)14-7-5-12(18-3)9-16(10)14;1-2/h6-10,16H,2,4-5,11-12H2,1,3H3;3-9,14H,1-2,10-11H2;4-10H,1-3H3;1H2. The second-order valence-corrected chi connectivity index (χ2v) is 13.3. The Hall–Kier alpha value is -7.41. The molecule has 0 fully saturated rings. The predicted octanol–water partition coefficient (Wildman–Crippen LogP) is 8.77. The monoisotopic (exact) mass is 864 g/mol.